The fraction of sp³-hybridized carbons (Fsp3) is 0.538. The SMILES string of the molecule is CN1CCC(CNC(=O)c2cccc(=O)[nH]2)CC1. The number of aromatic nitrogens is 1. The largest absolute Gasteiger partial charge is 0.350 e. The molecule has 18 heavy (non-hydrogen) atoms. The molecule has 0 radical (unpaired) electrons. The summed E-state index contributed by atoms with van der Waals surface area (Å²) in [6, 6.07) is 4.60. The van der Waals surface area contributed by atoms with Gasteiger partial charge in [-0.2, -0.15) is 0 Å². The lowest BCUT2D eigenvalue weighted by atomic mass is 9.97. The number of hydrogen-bond acceptors (Lipinski definition) is 3. The second-order valence-electron chi connectivity index (χ2n) is 4.89. The summed E-state index contributed by atoms with van der Waals surface area (Å²) in [5, 5.41) is 2.88. The van der Waals surface area contributed by atoms with E-state index in [-0.39, 0.29) is 11.5 Å². The Morgan fingerprint density at radius 2 is 2.17 bits per heavy atom. The molecule has 0 bridgehead atoms. The minimum absolute atomic E-state index is 0.202. The fourth-order valence-electron chi connectivity index (χ4n) is 2.18. The third-order valence-electron chi connectivity index (χ3n) is 3.40. The van der Waals surface area contributed by atoms with Crippen molar-refractivity contribution in [2.45, 2.75) is 12.8 Å². The van der Waals surface area contributed by atoms with Crippen molar-refractivity contribution < 1.29 is 4.79 Å². The number of pyridine rings is 1. The number of nitrogens with zero attached hydrogens (tertiary/aromatic N) is 1. The van der Waals surface area contributed by atoms with E-state index in [0.29, 0.717) is 18.2 Å². The van der Waals surface area contributed by atoms with Gasteiger partial charge in [0.05, 0.1) is 0 Å². The van der Waals surface area contributed by atoms with Gasteiger partial charge in [0.15, 0.2) is 0 Å². The normalized spacial score (nSPS) is 17.6. The Hall–Kier alpha value is -1.62. The van der Waals surface area contributed by atoms with E-state index in [4.69, 9.17) is 0 Å². The van der Waals surface area contributed by atoms with E-state index in [1.165, 1.54) is 6.07 Å². The molecule has 0 aromatic carbocycles. The summed E-state index contributed by atoms with van der Waals surface area (Å²) >= 11 is 0. The first kappa shape index (κ1) is 12.8. The average Bonchev–Trinajstić information content (AvgIpc) is 2.38. The summed E-state index contributed by atoms with van der Waals surface area (Å²) in [5.74, 6) is 0.340. The summed E-state index contributed by atoms with van der Waals surface area (Å²) in [4.78, 5) is 27.7. The quantitative estimate of drug-likeness (QED) is 0.817. The number of H-pyrrole nitrogens is 1. The van der Waals surface area contributed by atoms with Crippen molar-refractivity contribution in [1.29, 1.82) is 0 Å². The van der Waals surface area contributed by atoms with E-state index in [9.17, 15) is 9.59 Å². The predicted octanol–water partition coefficient (Wildman–Crippen LogP) is 0.446. The molecule has 2 rings (SSSR count). The van der Waals surface area contributed by atoms with Crippen LogP contribution in [0.2, 0.25) is 0 Å². The number of likely N-dealkylation sites (tertiary alicyclic amines) is 1. The Morgan fingerprint density at radius 3 is 2.83 bits per heavy atom. The van der Waals surface area contributed by atoms with Gasteiger partial charge < -0.3 is 15.2 Å². The van der Waals surface area contributed by atoms with E-state index in [1.54, 1.807) is 12.1 Å². The number of amides is 1. The highest BCUT2D eigenvalue weighted by molar-refractivity contribution is 5.92. The van der Waals surface area contributed by atoms with Gasteiger partial charge in [-0.1, -0.05) is 6.07 Å². The van der Waals surface area contributed by atoms with E-state index < -0.39 is 0 Å². The van der Waals surface area contributed by atoms with Crippen molar-refractivity contribution in [3.63, 3.8) is 0 Å². The minimum Gasteiger partial charge on any atom is -0.350 e. The number of rotatable bonds is 3. The molecule has 1 amide bonds. The molecule has 1 fully saturated rings. The Kier molecular flexibility index (Phi) is 4.15. The third-order valence-corrected chi connectivity index (χ3v) is 3.40. The summed E-state index contributed by atoms with van der Waals surface area (Å²) in [6.07, 6.45) is 2.23. The van der Waals surface area contributed by atoms with Gasteiger partial charge in [-0.15, -0.1) is 0 Å². The first-order chi connectivity index (χ1) is 8.65. The van der Waals surface area contributed by atoms with E-state index in [2.05, 4.69) is 22.2 Å². The standard InChI is InChI=1S/C13H19N3O2/c1-16-7-5-10(6-8-16)9-14-13(18)11-3-2-4-12(17)15-11/h2-4,10H,5-9H2,1H3,(H,14,18)(H,15,17). The van der Waals surface area contributed by atoms with Gasteiger partial charge in [0.2, 0.25) is 5.56 Å². The molecule has 0 unspecified atom stereocenters. The molecule has 0 spiro atoms. The van der Waals surface area contributed by atoms with E-state index in [1.807, 2.05) is 0 Å². The molecule has 0 atom stereocenters. The summed E-state index contributed by atoms with van der Waals surface area (Å²) in [7, 11) is 2.11. The molecule has 0 aliphatic carbocycles. The zero-order valence-corrected chi connectivity index (χ0v) is 10.6. The highest BCUT2D eigenvalue weighted by Gasteiger charge is 2.17. The monoisotopic (exact) mass is 249 g/mol. The molecule has 2 N–H and O–H groups in total. The van der Waals surface area contributed by atoms with Crippen molar-refractivity contribution >= 4 is 5.91 Å². The van der Waals surface area contributed by atoms with Crippen molar-refractivity contribution in [1.82, 2.24) is 15.2 Å². The van der Waals surface area contributed by atoms with E-state index >= 15 is 0 Å². The lowest BCUT2D eigenvalue weighted by molar-refractivity contribution is 0.0934. The maximum absolute atomic E-state index is 11.8. The van der Waals surface area contributed by atoms with Crippen LogP contribution >= 0.6 is 0 Å². The van der Waals surface area contributed by atoms with Crippen molar-refractivity contribution in [3.05, 3.63) is 34.2 Å². The van der Waals surface area contributed by atoms with Crippen LogP contribution in [0.4, 0.5) is 0 Å². The Bertz CT molecular complexity index is 461. The van der Waals surface area contributed by atoms with E-state index in [0.717, 1.165) is 25.9 Å². The van der Waals surface area contributed by atoms with Gasteiger partial charge in [0, 0.05) is 12.6 Å². The second-order valence-corrected chi connectivity index (χ2v) is 4.89. The molecular formula is C13H19N3O2. The molecule has 98 valence electrons. The number of carbonyl (C=O) groups excluding carboxylic acids is 1. The average molecular weight is 249 g/mol. The molecule has 5 heteroatoms. The molecule has 1 aliphatic rings. The Balaban J connectivity index is 1.83. The number of piperidine rings is 1. The maximum Gasteiger partial charge on any atom is 0.267 e. The molecule has 5 nitrogen and oxygen atoms in total. The van der Waals surface area contributed by atoms with Gasteiger partial charge in [0.1, 0.15) is 5.69 Å². The number of aromatic amines is 1. The molecule has 1 aromatic heterocycles. The first-order valence-corrected chi connectivity index (χ1v) is 6.31. The molecule has 1 aliphatic heterocycles. The van der Waals surface area contributed by atoms with Gasteiger partial charge in [-0.25, -0.2) is 0 Å². The highest BCUT2D eigenvalue weighted by atomic mass is 16.2. The maximum atomic E-state index is 11.8. The van der Waals surface area contributed by atoms with Gasteiger partial charge in [-0.05, 0) is 45.0 Å². The first-order valence-electron chi connectivity index (χ1n) is 6.31. The topological polar surface area (TPSA) is 65.2 Å². The van der Waals surface area contributed by atoms with Crippen molar-refractivity contribution in [3.8, 4) is 0 Å². The fourth-order valence-corrected chi connectivity index (χ4v) is 2.18. The highest BCUT2D eigenvalue weighted by Crippen LogP contribution is 2.14. The molecule has 0 saturated carbocycles. The molecule has 2 heterocycles. The van der Waals surface area contributed by atoms with Crippen LogP contribution in [0.1, 0.15) is 23.3 Å². The Labute approximate surface area is 106 Å². The van der Waals surface area contributed by atoms with Crippen LogP contribution < -0.4 is 10.9 Å². The molecule has 1 saturated heterocycles. The van der Waals surface area contributed by atoms with Gasteiger partial charge in [-0.3, -0.25) is 9.59 Å². The van der Waals surface area contributed by atoms with Crippen LogP contribution in [-0.4, -0.2) is 42.5 Å². The third kappa shape index (κ3) is 3.43. The Morgan fingerprint density at radius 1 is 1.44 bits per heavy atom. The van der Waals surface area contributed by atoms with Crippen LogP contribution in [0, 0.1) is 5.92 Å². The number of hydrogen-bond donors (Lipinski definition) is 2. The lowest BCUT2D eigenvalue weighted by Gasteiger charge is -2.28. The molecular weight excluding hydrogens is 230 g/mol. The van der Waals surface area contributed by atoms with Crippen LogP contribution in [0.3, 0.4) is 0 Å². The van der Waals surface area contributed by atoms with Crippen molar-refractivity contribution in [2.24, 2.45) is 5.92 Å². The summed E-state index contributed by atoms with van der Waals surface area (Å²) < 4.78 is 0. The number of nitrogens with one attached hydrogen (secondary N) is 2. The van der Waals surface area contributed by atoms with Crippen LogP contribution in [0.5, 0.6) is 0 Å². The lowest BCUT2D eigenvalue weighted by Crippen LogP contribution is -2.37. The van der Waals surface area contributed by atoms with Crippen molar-refractivity contribution in [2.75, 3.05) is 26.7 Å². The summed E-state index contributed by atoms with van der Waals surface area (Å²) in [6.45, 7) is 2.86. The zero-order chi connectivity index (χ0) is 13.0. The second kappa shape index (κ2) is 5.82. The molecule has 1 aromatic rings. The van der Waals surface area contributed by atoms with Gasteiger partial charge in [0.25, 0.3) is 5.91 Å². The van der Waals surface area contributed by atoms with Crippen LogP contribution in [-0.2, 0) is 0 Å². The summed E-state index contributed by atoms with van der Waals surface area (Å²) in [5.41, 5.74) is 0.0809. The van der Waals surface area contributed by atoms with Crippen LogP contribution in [0.25, 0.3) is 0 Å². The van der Waals surface area contributed by atoms with Gasteiger partial charge >= 0.3 is 0 Å². The predicted molar refractivity (Wildman–Crippen MR) is 69.6 cm³/mol. The zero-order valence-electron chi connectivity index (χ0n) is 10.6. The minimum atomic E-state index is -0.248. The van der Waals surface area contributed by atoms with Crippen LogP contribution in [0.15, 0.2) is 23.0 Å². The number of carbonyl (C=O) groups is 1. The smallest absolute Gasteiger partial charge is 0.267 e.